The molecule has 0 saturated carbocycles. The van der Waals surface area contributed by atoms with Gasteiger partial charge in [0.25, 0.3) is 5.91 Å². The number of hydrogen-bond acceptors (Lipinski definition) is 4. The number of methoxy groups -OCH3 is 1. The Morgan fingerprint density at radius 1 is 1.26 bits per heavy atom. The van der Waals surface area contributed by atoms with E-state index in [0.717, 1.165) is 39.4 Å². The van der Waals surface area contributed by atoms with E-state index in [1.165, 1.54) is 0 Å². The summed E-state index contributed by atoms with van der Waals surface area (Å²) >= 11 is 0. The first-order chi connectivity index (χ1) is 15.0. The zero-order valence-corrected chi connectivity index (χ0v) is 17.5. The van der Waals surface area contributed by atoms with E-state index in [0.29, 0.717) is 18.5 Å². The summed E-state index contributed by atoms with van der Waals surface area (Å²) in [6.45, 7) is 6.63. The first-order valence-electron chi connectivity index (χ1n) is 10.2. The van der Waals surface area contributed by atoms with Crippen LogP contribution in [0.1, 0.15) is 34.2 Å². The molecule has 7 nitrogen and oxygen atoms in total. The van der Waals surface area contributed by atoms with Crippen LogP contribution in [0.15, 0.2) is 67.0 Å². The van der Waals surface area contributed by atoms with Crippen molar-refractivity contribution in [1.29, 1.82) is 0 Å². The number of ether oxygens (including phenoxy) is 1. The standard InChI is InChI=1S/C24H23N5O2/c1-15-5-8-21(29-10-4-9-25-29)18(11-15)24(30)28-14-16(2)12-22(28)23-26-19-7-6-17(31-3)13-20(19)27-23/h4-11,13,22H,2,12,14H2,1,3H3,(H,26,27). The minimum atomic E-state index is -0.204. The Labute approximate surface area is 180 Å². The lowest BCUT2D eigenvalue weighted by atomic mass is 10.1. The number of rotatable bonds is 4. The fourth-order valence-electron chi connectivity index (χ4n) is 4.14. The van der Waals surface area contributed by atoms with Gasteiger partial charge in [0, 0.05) is 25.0 Å². The van der Waals surface area contributed by atoms with Crippen LogP contribution in [-0.2, 0) is 0 Å². The number of benzene rings is 2. The van der Waals surface area contributed by atoms with Crippen molar-refractivity contribution in [3.8, 4) is 11.4 Å². The van der Waals surface area contributed by atoms with Crippen LogP contribution < -0.4 is 4.74 Å². The van der Waals surface area contributed by atoms with E-state index in [-0.39, 0.29) is 11.9 Å². The Hall–Kier alpha value is -3.87. The maximum atomic E-state index is 13.7. The van der Waals surface area contributed by atoms with Crippen LogP contribution in [0.2, 0.25) is 0 Å². The van der Waals surface area contributed by atoms with Crippen molar-refractivity contribution in [2.24, 2.45) is 0 Å². The zero-order valence-electron chi connectivity index (χ0n) is 17.5. The number of hydrogen-bond donors (Lipinski definition) is 1. The highest BCUT2D eigenvalue weighted by atomic mass is 16.5. The summed E-state index contributed by atoms with van der Waals surface area (Å²) in [5.41, 5.74) is 5.11. The maximum Gasteiger partial charge on any atom is 0.256 e. The number of carbonyl (C=O) groups excluding carboxylic acids is 1. The number of amides is 1. The molecule has 1 fully saturated rings. The molecule has 1 atom stereocenters. The van der Waals surface area contributed by atoms with Gasteiger partial charge in [0.05, 0.1) is 35.4 Å². The van der Waals surface area contributed by atoms with E-state index in [2.05, 4.69) is 16.7 Å². The number of carbonyl (C=O) groups is 1. The minimum Gasteiger partial charge on any atom is -0.497 e. The van der Waals surface area contributed by atoms with Crippen LogP contribution in [-0.4, -0.2) is 44.2 Å². The van der Waals surface area contributed by atoms with E-state index in [4.69, 9.17) is 9.72 Å². The van der Waals surface area contributed by atoms with Gasteiger partial charge in [-0.25, -0.2) is 9.67 Å². The third kappa shape index (κ3) is 3.38. The molecule has 31 heavy (non-hydrogen) atoms. The Balaban J connectivity index is 1.55. The van der Waals surface area contributed by atoms with Crippen LogP contribution in [0.5, 0.6) is 5.75 Å². The van der Waals surface area contributed by atoms with Gasteiger partial charge in [-0.2, -0.15) is 5.10 Å². The molecule has 0 radical (unpaired) electrons. The normalized spacial score (nSPS) is 16.3. The highest BCUT2D eigenvalue weighted by Crippen LogP contribution is 2.36. The molecule has 1 aliphatic rings. The number of aryl methyl sites for hydroxylation is 1. The SMILES string of the molecule is C=C1CC(c2nc3ccc(OC)cc3[nH]2)N(C(=O)c2cc(C)ccc2-n2cccn2)C1. The second-order valence-corrected chi connectivity index (χ2v) is 7.88. The Kier molecular flexibility index (Phi) is 4.58. The third-order valence-corrected chi connectivity index (χ3v) is 5.67. The fourth-order valence-corrected chi connectivity index (χ4v) is 4.14. The topological polar surface area (TPSA) is 76.0 Å². The van der Waals surface area contributed by atoms with Crippen molar-refractivity contribution in [2.45, 2.75) is 19.4 Å². The van der Waals surface area contributed by atoms with E-state index in [1.807, 2.05) is 60.5 Å². The molecule has 2 aromatic heterocycles. The molecule has 3 heterocycles. The molecule has 156 valence electrons. The van der Waals surface area contributed by atoms with E-state index in [9.17, 15) is 4.79 Å². The summed E-state index contributed by atoms with van der Waals surface area (Å²) in [5.74, 6) is 1.45. The third-order valence-electron chi connectivity index (χ3n) is 5.67. The largest absolute Gasteiger partial charge is 0.497 e. The molecule has 0 spiro atoms. The molecule has 1 unspecified atom stereocenters. The van der Waals surface area contributed by atoms with Crippen molar-refractivity contribution in [3.05, 3.63) is 84.0 Å². The summed E-state index contributed by atoms with van der Waals surface area (Å²) in [6, 6.07) is 13.2. The van der Waals surface area contributed by atoms with Gasteiger partial charge in [0.1, 0.15) is 11.6 Å². The number of aromatic nitrogens is 4. The van der Waals surface area contributed by atoms with Crippen molar-refractivity contribution in [3.63, 3.8) is 0 Å². The monoisotopic (exact) mass is 413 g/mol. The van der Waals surface area contributed by atoms with E-state index >= 15 is 0 Å². The predicted molar refractivity (Wildman–Crippen MR) is 118 cm³/mol. The lowest BCUT2D eigenvalue weighted by molar-refractivity contribution is 0.0732. The Morgan fingerprint density at radius 3 is 2.90 bits per heavy atom. The van der Waals surface area contributed by atoms with E-state index < -0.39 is 0 Å². The van der Waals surface area contributed by atoms with Crippen LogP contribution in [0, 0.1) is 6.92 Å². The molecule has 0 aliphatic carbocycles. The molecular weight excluding hydrogens is 390 g/mol. The molecule has 1 saturated heterocycles. The Bertz CT molecular complexity index is 1290. The number of nitrogens with zero attached hydrogens (tertiary/aromatic N) is 4. The van der Waals surface area contributed by atoms with Gasteiger partial charge in [-0.1, -0.05) is 23.8 Å². The van der Waals surface area contributed by atoms with Crippen LogP contribution >= 0.6 is 0 Å². The van der Waals surface area contributed by atoms with Crippen LogP contribution in [0.4, 0.5) is 0 Å². The molecule has 2 aromatic carbocycles. The Morgan fingerprint density at radius 2 is 2.13 bits per heavy atom. The summed E-state index contributed by atoms with van der Waals surface area (Å²) in [5, 5.41) is 4.32. The van der Waals surface area contributed by atoms with Crippen molar-refractivity contribution in [1.82, 2.24) is 24.6 Å². The fraction of sp³-hybridized carbons (Fsp3) is 0.208. The van der Waals surface area contributed by atoms with Gasteiger partial charge in [-0.15, -0.1) is 0 Å². The lowest BCUT2D eigenvalue weighted by Crippen LogP contribution is -2.32. The number of aromatic amines is 1. The molecule has 1 aliphatic heterocycles. The van der Waals surface area contributed by atoms with E-state index in [1.54, 1.807) is 18.0 Å². The van der Waals surface area contributed by atoms with Gasteiger partial charge in [0.2, 0.25) is 0 Å². The number of H-pyrrole nitrogens is 1. The summed E-state index contributed by atoms with van der Waals surface area (Å²) < 4.78 is 7.04. The molecule has 7 heteroatoms. The second-order valence-electron chi connectivity index (χ2n) is 7.88. The quantitative estimate of drug-likeness (QED) is 0.509. The van der Waals surface area contributed by atoms with Gasteiger partial charge in [-0.05, 0) is 43.7 Å². The molecule has 4 aromatic rings. The first kappa shape index (κ1) is 19.1. The predicted octanol–water partition coefficient (Wildman–Crippen LogP) is 4.21. The number of fused-ring (bicyclic) bond motifs is 1. The number of imidazole rings is 1. The molecular formula is C24H23N5O2. The van der Waals surface area contributed by atoms with Gasteiger partial charge >= 0.3 is 0 Å². The zero-order chi connectivity index (χ0) is 21.5. The number of nitrogens with one attached hydrogen (secondary N) is 1. The van der Waals surface area contributed by atoms with Gasteiger partial charge in [0.15, 0.2) is 0 Å². The minimum absolute atomic E-state index is 0.0594. The highest BCUT2D eigenvalue weighted by Gasteiger charge is 2.35. The average Bonchev–Trinajstić information content (AvgIpc) is 3.51. The molecule has 1 N–H and O–H groups in total. The smallest absolute Gasteiger partial charge is 0.256 e. The maximum absolute atomic E-state index is 13.7. The van der Waals surface area contributed by atoms with Crippen LogP contribution in [0.3, 0.4) is 0 Å². The second kappa shape index (κ2) is 7.43. The van der Waals surface area contributed by atoms with Gasteiger partial charge in [-0.3, -0.25) is 4.79 Å². The van der Waals surface area contributed by atoms with Crippen molar-refractivity contribution in [2.75, 3.05) is 13.7 Å². The molecule has 0 bridgehead atoms. The molecule has 1 amide bonds. The van der Waals surface area contributed by atoms with Crippen LogP contribution in [0.25, 0.3) is 16.7 Å². The van der Waals surface area contributed by atoms with Gasteiger partial charge < -0.3 is 14.6 Å². The lowest BCUT2D eigenvalue weighted by Gasteiger charge is -2.24. The molecule has 5 rings (SSSR count). The first-order valence-corrected chi connectivity index (χ1v) is 10.2. The highest BCUT2D eigenvalue weighted by molar-refractivity contribution is 5.98. The summed E-state index contributed by atoms with van der Waals surface area (Å²) in [7, 11) is 1.64. The number of likely N-dealkylation sites (tertiary alicyclic amines) is 1. The van der Waals surface area contributed by atoms with Crippen molar-refractivity contribution >= 4 is 16.9 Å². The summed E-state index contributed by atoms with van der Waals surface area (Å²) in [4.78, 5) is 23.7. The van der Waals surface area contributed by atoms with Crippen molar-refractivity contribution < 1.29 is 9.53 Å². The summed E-state index contributed by atoms with van der Waals surface area (Å²) in [6.07, 6.45) is 4.22. The average molecular weight is 413 g/mol.